The molecule has 3 heterocycles. The van der Waals surface area contributed by atoms with Crippen molar-refractivity contribution < 1.29 is 14.1 Å². The number of hydrogen-bond acceptors (Lipinski definition) is 4. The summed E-state index contributed by atoms with van der Waals surface area (Å²) in [5.74, 6) is 0.607. The maximum atomic E-state index is 13.0. The van der Waals surface area contributed by atoms with Gasteiger partial charge in [0.1, 0.15) is 0 Å². The minimum Gasteiger partial charge on any atom is -0.463 e. The highest BCUT2D eigenvalue weighted by molar-refractivity contribution is 6.04. The van der Waals surface area contributed by atoms with Crippen LogP contribution in [0.25, 0.3) is 10.8 Å². The van der Waals surface area contributed by atoms with Crippen LogP contribution in [0.1, 0.15) is 41.6 Å². The molecular formula is C21H25N4O3+. The molecule has 1 saturated heterocycles. The zero-order chi connectivity index (χ0) is 19.5. The number of aromatic nitrogens is 2. The van der Waals surface area contributed by atoms with Crippen molar-refractivity contribution in [3.63, 3.8) is 0 Å². The van der Waals surface area contributed by atoms with E-state index in [-0.39, 0.29) is 23.2 Å². The van der Waals surface area contributed by atoms with E-state index in [1.54, 1.807) is 31.5 Å². The standard InChI is InChI=1S/C21H24N4O3/c1-24-21(27)16-9-4-3-8-15(16)19(23-24)20(26)22-14-17(18-10-7-13-28-18)25-11-5-2-6-12-25/h3-4,7-10,13,17H,2,5-6,11-12,14H2,1H3,(H,22,26)/p+1/t17-/m0/s1. The Morgan fingerprint density at radius 3 is 2.64 bits per heavy atom. The highest BCUT2D eigenvalue weighted by atomic mass is 16.3. The number of furan rings is 1. The Labute approximate surface area is 162 Å². The van der Waals surface area contributed by atoms with Gasteiger partial charge in [0.15, 0.2) is 17.5 Å². The average molecular weight is 381 g/mol. The molecule has 1 aliphatic rings. The predicted octanol–water partition coefficient (Wildman–Crippen LogP) is 1.07. The number of benzene rings is 1. The molecule has 2 N–H and O–H groups in total. The molecule has 28 heavy (non-hydrogen) atoms. The van der Waals surface area contributed by atoms with Crippen LogP contribution in [-0.2, 0) is 7.05 Å². The number of aryl methyl sites for hydroxylation is 1. The molecule has 0 bridgehead atoms. The molecule has 1 atom stereocenters. The minimum absolute atomic E-state index is 0.0676. The third kappa shape index (κ3) is 3.57. The van der Waals surface area contributed by atoms with Gasteiger partial charge in [-0.2, -0.15) is 5.10 Å². The Kier molecular flexibility index (Phi) is 5.25. The molecule has 0 spiro atoms. The number of piperidine rings is 1. The molecule has 1 aliphatic heterocycles. The number of carbonyl (C=O) groups is 1. The Hall–Kier alpha value is -2.93. The van der Waals surface area contributed by atoms with Gasteiger partial charge in [-0.1, -0.05) is 18.2 Å². The number of nitrogens with zero attached hydrogens (tertiary/aromatic N) is 2. The van der Waals surface area contributed by atoms with E-state index in [0.717, 1.165) is 18.8 Å². The van der Waals surface area contributed by atoms with Crippen LogP contribution in [-0.4, -0.2) is 35.3 Å². The van der Waals surface area contributed by atoms with Gasteiger partial charge < -0.3 is 14.6 Å². The molecule has 2 aromatic heterocycles. The highest BCUT2D eigenvalue weighted by Gasteiger charge is 2.29. The summed E-state index contributed by atoms with van der Waals surface area (Å²) in [4.78, 5) is 26.7. The van der Waals surface area contributed by atoms with E-state index < -0.39 is 0 Å². The molecule has 7 heteroatoms. The topological polar surface area (TPSA) is 81.6 Å². The highest BCUT2D eigenvalue weighted by Crippen LogP contribution is 2.14. The van der Waals surface area contributed by atoms with E-state index in [1.807, 2.05) is 18.2 Å². The summed E-state index contributed by atoms with van der Waals surface area (Å²) in [5.41, 5.74) is 0.0583. The van der Waals surface area contributed by atoms with Gasteiger partial charge in [0.25, 0.3) is 11.5 Å². The molecule has 3 aromatic rings. The first kappa shape index (κ1) is 18.4. The number of rotatable bonds is 5. The number of carbonyl (C=O) groups excluding carboxylic acids is 1. The summed E-state index contributed by atoms with van der Waals surface area (Å²) in [6, 6.07) is 11.0. The Morgan fingerprint density at radius 1 is 1.18 bits per heavy atom. The molecule has 146 valence electrons. The third-order valence-corrected chi connectivity index (χ3v) is 5.51. The predicted molar refractivity (Wildman–Crippen MR) is 105 cm³/mol. The summed E-state index contributed by atoms with van der Waals surface area (Å²) in [6.45, 7) is 2.60. The van der Waals surface area contributed by atoms with E-state index in [4.69, 9.17) is 4.42 Å². The van der Waals surface area contributed by atoms with Crippen molar-refractivity contribution in [2.45, 2.75) is 25.3 Å². The molecule has 0 unspecified atom stereocenters. The molecular weight excluding hydrogens is 356 g/mol. The van der Waals surface area contributed by atoms with Crippen LogP contribution in [0.3, 0.4) is 0 Å². The summed E-state index contributed by atoms with van der Waals surface area (Å²) in [7, 11) is 1.56. The normalized spacial score (nSPS) is 16.2. The smallest absolute Gasteiger partial charge is 0.274 e. The van der Waals surface area contributed by atoms with Gasteiger partial charge in [-0.3, -0.25) is 9.59 Å². The van der Waals surface area contributed by atoms with Crippen LogP contribution in [0, 0.1) is 0 Å². The number of fused-ring (bicyclic) bond motifs is 1. The van der Waals surface area contributed by atoms with Crippen LogP contribution in [0.5, 0.6) is 0 Å². The van der Waals surface area contributed by atoms with E-state index >= 15 is 0 Å². The van der Waals surface area contributed by atoms with Gasteiger partial charge in [-0.15, -0.1) is 0 Å². The van der Waals surface area contributed by atoms with Crippen molar-refractivity contribution in [3.05, 3.63) is 64.5 Å². The second kappa shape index (κ2) is 7.98. The van der Waals surface area contributed by atoms with Crippen LogP contribution in [0.15, 0.2) is 51.9 Å². The fourth-order valence-corrected chi connectivity index (χ4v) is 4.04. The van der Waals surface area contributed by atoms with E-state index in [2.05, 4.69) is 10.4 Å². The van der Waals surface area contributed by atoms with Gasteiger partial charge in [-0.05, 0) is 37.5 Å². The second-order valence-corrected chi connectivity index (χ2v) is 7.32. The average Bonchev–Trinajstić information content (AvgIpc) is 3.26. The number of hydrogen-bond donors (Lipinski definition) is 2. The Bertz CT molecular complexity index is 1020. The lowest BCUT2D eigenvalue weighted by molar-refractivity contribution is -0.936. The van der Waals surface area contributed by atoms with Crippen molar-refractivity contribution >= 4 is 16.7 Å². The zero-order valence-electron chi connectivity index (χ0n) is 16.0. The molecule has 7 nitrogen and oxygen atoms in total. The number of quaternary nitrogens is 1. The summed E-state index contributed by atoms with van der Waals surface area (Å²) >= 11 is 0. The number of likely N-dealkylation sites (tertiary alicyclic amines) is 1. The first-order valence-electron chi connectivity index (χ1n) is 9.77. The van der Waals surface area contributed by atoms with Crippen molar-refractivity contribution in [1.82, 2.24) is 15.1 Å². The van der Waals surface area contributed by atoms with Gasteiger partial charge in [-0.25, -0.2) is 4.68 Å². The maximum absolute atomic E-state index is 13.0. The number of nitrogens with one attached hydrogen (secondary N) is 2. The molecule has 0 saturated carbocycles. The molecule has 0 radical (unpaired) electrons. The first-order chi connectivity index (χ1) is 13.6. The Morgan fingerprint density at radius 2 is 1.93 bits per heavy atom. The van der Waals surface area contributed by atoms with Crippen molar-refractivity contribution in [2.24, 2.45) is 7.05 Å². The van der Waals surface area contributed by atoms with E-state index in [1.165, 1.54) is 28.8 Å². The fourth-order valence-electron chi connectivity index (χ4n) is 4.04. The number of amides is 1. The quantitative estimate of drug-likeness (QED) is 0.693. The molecule has 1 fully saturated rings. The van der Waals surface area contributed by atoms with Crippen molar-refractivity contribution in [2.75, 3.05) is 19.6 Å². The fraction of sp³-hybridized carbons (Fsp3) is 0.381. The minimum atomic E-state index is -0.278. The molecule has 1 aromatic carbocycles. The van der Waals surface area contributed by atoms with E-state index in [9.17, 15) is 9.59 Å². The van der Waals surface area contributed by atoms with Gasteiger partial charge in [0, 0.05) is 12.4 Å². The van der Waals surface area contributed by atoms with Crippen LogP contribution in [0.4, 0.5) is 0 Å². The third-order valence-electron chi connectivity index (χ3n) is 5.51. The summed E-state index contributed by atoms with van der Waals surface area (Å²) in [6.07, 6.45) is 5.31. The lowest BCUT2D eigenvalue weighted by Gasteiger charge is -2.30. The van der Waals surface area contributed by atoms with Gasteiger partial charge in [0.05, 0.1) is 31.3 Å². The van der Waals surface area contributed by atoms with Gasteiger partial charge >= 0.3 is 0 Å². The SMILES string of the molecule is Cn1nc(C(=O)NC[C@@H](c2ccco2)[NH+]2CCCCC2)c2ccccc2c1=O. The van der Waals surface area contributed by atoms with Crippen LogP contribution >= 0.6 is 0 Å². The zero-order valence-corrected chi connectivity index (χ0v) is 16.0. The molecule has 1 amide bonds. The molecule has 0 aliphatic carbocycles. The van der Waals surface area contributed by atoms with Crippen LogP contribution < -0.4 is 15.8 Å². The lowest BCUT2D eigenvalue weighted by Crippen LogP contribution is -3.13. The summed E-state index contributed by atoms with van der Waals surface area (Å²) in [5, 5.41) is 8.31. The van der Waals surface area contributed by atoms with Crippen molar-refractivity contribution in [1.29, 1.82) is 0 Å². The summed E-state index contributed by atoms with van der Waals surface area (Å²) < 4.78 is 6.88. The monoisotopic (exact) mass is 381 g/mol. The Balaban J connectivity index is 1.58. The van der Waals surface area contributed by atoms with Crippen molar-refractivity contribution in [3.8, 4) is 0 Å². The maximum Gasteiger partial charge on any atom is 0.274 e. The van der Waals surface area contributed by atoms with E-state index in [0.29, 0.717) is 17.3 Å². The molecule has 4 rings (SSSR count). The second-order valence-electron chi connectivity index (χ2n) is 7.32. The van der Waals surface area contributed by atoms with Gasteiger partial charge in [0.2, 0.25) is 0 Å². The van der Waals surface area contributed by atoms with Crippen LogP contribution in [0.2, 0.25) is 0 Å². The first-order valence-corrected chi connectivity index (χ1v) is 9.77. The lowest BCUT2D eigenvalue weighted by atomic mass is 10.1. The largest absolute Gasteiger partial charge is 0.463 e.